The van der Waals surface area contributed by atoms with E-state index in [1.807, 2.05) is 6.07 Å². The normalized spacial score (nSPS) is 22.2. The fourth-order valence-electron chi connectivity index (χ4n) is 2.31. The molecule has 3 rings (SSSR count). The van der Waals surface area contributed by atoms with E-state index in [1.54, 1.807) is 6.07 Å². The molecule has 1 unspecified atom stereocenters. The Bertz CT molecular complexity index is 484. The van der Waals surface area contributed by atoms with Crippen LogP contribution in [0, 0.1) is 5.82 Å². The van der Waals surface area contributed by atoms with Gasteiger partial charge < -0.3 is 14.8 Å². The molecule has 1 saturated heterocycles. The van der Waals surface area contributed by atoms with Gasteiger partial charge in [0.1, 0.15) is 12.4 Å². The molecule has 19 heavy (non-hydrogen) atoms. The fraction of sp³-hybridized carbons (Fsp3) is 0.500. The first kappa shape index (κ1) is 12.4. The molecule has 0 bridgehead atoms. The topological polar surface area (TPSA) is 42.9 Å². The first-order valence-corrected chi connectivity index (χ1v) is 6.65. The van der Waals surface area contributed by atoms with Gasteiger partial charge in [-0.3, -0.25) is 4.99 Å². The van der Waals surface area contributed by atoms with Crippen molar-refractivity contribution in [1.82, 2.24) is 5.32 Å². The van der Waals surface area contributed by atoms with Crippen LogP contribution >= 0.6 is 0 Å². The maximum absolute atomic E-state index is 13.9. The van der Waals surface area contributed by atoms with Crippen molar-refractivity contribution in [2.24, 2.45) is 4.99 Å². The number of rotatable bonds is 4. The second-order valence-electron chi connectivity index (χ2n) is 4.75. The van der Waals surface area contributed by atoms with Gasteiger partial charge >= 0.3 is 0 Å². The van der Waals surface area contributed by atoms with Crippen molar-refractivity contribution in [3.05, 3.63) is 29.6 Å². The molecule has 0 aliphatic carbocycles. The van der Waals surface area contributed by atoms with Crippen molar-refractivity contribution in [2.75, 3.05) is 26.3 Å². The number of nitrogens with one attached hydrogen (secondary N) is 1. The maximum atomic E-state index is 13.9. The number of hydrogen-bond donors (Lipinski definition) is 1. The molecule has 1 aromatic rings. The SMILES string of the molecule is Fc1cc(C2=NCCN2)ccc1OCC1CCCO1. The average Bonchev–Trinajstić information content (AvgIpc) is 3.10. The second-order valence-corrected chi connectivity index (χ2v) is 4.75. The van der Waals surface area contributed by atoms with Gasteiger partial charge in [0, 0.05) is 18.7 Å². The smallest absolute Gasteiger partial charge is 0.165 e. The number of aliphatic imine (C=N–C) groups is 1. The van der Waals surface area contributed by atoms with Gasteiger partial charge in [0.05, 0.1) is 12.6 Å². The van der Waals surface area contributed by atoms with Gasteiger partial charge in [-0.15, -0.1) is 0 Å². The van der Waals surface area contributed by atoms with Gasteiger partial charge in [0.2, 0.25) is 0 Å². The Morgan fingerprint density at radius 1 is 1.47 bits per heavy atom. The summed E-state index contributed by atoms with van der Waals surface area (Å²) in [5, 5.41) is 3.12. The Kier molecular flexibility index (Phi) is 3.64. The van der Waals surface area contributed by atoms with E-state index in [2.05, 4.69) is 10.3 Å². The van der Waals surface area contributed by atoms with E-state index in [1.165, 1.54) is 6.07 Å². The summed E-state index contributed by atoms with van der Waals surface area (Å²) < 4.78 is 24.8. The molecule has 1 fully saturated rings. The minimum atomic E-state index is -0.355. The van der Waals surface area contributed by atoms with Gasteiger partial charge in [-0.05, 0) is 31.0 Å². The number of benzene rings is 1. The van der Waals surface area contributed by atoms with Crippen LogP contribution in [0.4, 0.5) is 4.39 Å². The van der Waals surface area contributed by atoms with Crippen LogP contribution in [-0.2, 0) is 4.74 Å². The minimum Gasteiger partial charge on any atom is -0.488 e. The van der Waals surface area contributed by atoms with Gasteiger partial charge in [-0.1, -0.05) is 0 Å². The molecule has 2 aliphatic rings. The van der Waals surface area contributed by atoms with E-state index in [0.717, 1.165) is 43.9 Å². The Morgan fingerprint density at radius 3 is 3.11 bits per heavy atom. The molecular formula is C14H17FN2O2. The minimum absolute atomic E-state index is 0.0972. The van der Waals surface area contributed by atoms with Gasteiger partial charge in [-0.25, -0.2) is 4.39 Å². The number of hydrogen-bond acceptors (Lipinski definition) is 4. The van der Waals surface area contributed by atoms with Crippen LogP contribution in [0.3, 0.4) is 0 Å². The Labute approximate surface area is 111 Å². The van der Waals surface area contributed by atoms with E-state index in [0.29, 0.717) is 6.61 Å². The van der Waals surface area contributed by atoms with Crippen molar-refractivity contribution in [3.63, 3.8) is 0 Å². The average molecular weight is 264 g/mol. The number of nitrogens with zero attached hydrogens (tertiary/aromatic N) is 1. The summed E-state index contributed by atoms with van der Waals surface area (Å²) in [5.74, 6) is 0.675. The Morgan fingerprint density at radius 2 is 2.42 bits per heavy atom. The fourth-order valence-corrected chi connectivity index (χ4v) is 2.31. The number of ether oxygens (including phenoxy) is 2. The summed E-state index contributed by atoms with van der Waals surface area (Å²) in [4.78, 5) is 4.26. The molecule has 0 saturated carbocycles. The van der Waals surface area contributed by atoms with Crippen molar-refractivity contribution >= 4 is 5.84 Å². The van der Waals surface area contributed by atoms with Crippen LogP contribution in [0.25, 0.3) is 0 Å². The summed E-state index contributed by atoms with van der Waals surface area (Å²) in [6.07, 6.45) is 2.14. The van der Waals surface area contributed by atoms with Crippen molar-refractivity contribution in [2.45, 2.75) is 18.9 Å². The van der Waals surface area contributed by atoms with Crippen LogP contribution in [0.15, 0.2) is 23.2 Å². The van der Waals surface area contributed by atoms with E-state index >= 15 is 0 Å². The standard InChI is InChI=1S/C14H17FN2O2/c15-12-8-10(14-16-5-6-17-14)3-4-13(12)19-9-11-2-1-7-18-11/h3-4,8,11H,1-2,5-7,9H2,(H,16,17). The molecule has 4 nitrogen and oxygen atoms in total. The lowest BCUT2D eigenvalue weighted by molar-refractivity contribution is 0.0666. The molecule has 1 N–H and O–H groups in total. The Balaban J connectivity index is 1.65. The van der Waals surface area contributed by atoms with Crippen LogP contribution < -0.4 is 10.1 Å². The zero-order chi connectivity index (χ0) is 13.1. The molecule has 1 atom stereocenters. The zero-order valence-corrected chi connectivity index (χ0v) is 10.7. The highest BCUT2D eigenvalue weighted by Crippen LogP contribution is 2.21. The van der Waals surface area contributed by atoms with E-state index in [-0.39, 0.29) is 17.7 Å². The summed E-state index contributed by atoms with van der Waals surface area (Å²) in [6, 6.07) is 4.94. The van der Waals surface area contributed by atoms with E-state index < -0.39 is 0 Å². The van der Waals surface area contributed by atoms with Crippen LogP contribution in [0.2, 0.25) is 0 Å². The van der Waals surface area contributed by atoms with E-state index in [4.69, 9.17) is 9.47 Å². The highest BCUT2D eigenvalue weighted by Gasteiger charge is 2.17. The van der Waals surface area contributed by atoms with Gasteiger partial charge in [0.25, 0.3) is 0 Å². The predicted octanol–water partition coefficient (Wildman–Crippen LogP) is 1.73. The lowest BCUT2D eigenvalue weighted by Crippen LogP contribution is -2.20. The highest BCUT2D eigenvalue weighted by atomic mass is 19.1. The van der Waals surface area contributed by atoms with E-state index in [9.17, 15) is 4.39 Å². The monoisotopic (exact) mass is 264 g/mol. The molecule has 0 amide bonds. The lowest BCUT2D eigenvalue weighted by atomic mass is 10.2. The lowest BCUT2D eigenvalue weighted by Gasteiger charge is -2.12. The largest absolute Gasteiger partial charge is 0.488 e. The van der Waals surface area contributed by atoms with Crippen LogP contribution in [0.5, 0.6) is 5.75 Å². The summed E-state index contributed by atoms with van der Waals surface area (Å²) in [7, 11) is 0. The summed E-state index contributed by atoms with van der Waals surface area (Å²) in [5.41, 5.74) is 0.763. The highest BCUT2D eigenvalue weighted by molar-refractivity contribution is 5.99. The van der Waals surface area contributed by atoms with Crippen LogP contribution in [-0.4, -0.2) is 38.2 Å². The van der Waals surface area contributed by atoms with Gasteiger partial charge in [0.15, 0.2) is 11.6 Å². The summed E-state index contributed by atoms with van der Waals surface area (Å²) >= 11 is 0. The third kappa shape index (κ3) is 2.87. The van der Waals surface area contributed by atoms with Crippen molar-refractivity contribution in [3.8, 4) is 5.75 Å². The molecule has 2 aliphatic heterocycles. The number of halogens is 1. The third-order valence-electron chi connectivity index (χ3n) is 3.33. The predicted molar refractivity (Wildman–Crippen MR) is 70.3 cm³/mol. The maximum Gasteiger partial charge on any atom is 0.165 e. The Hall–Kier alpha value is -1.62. The summed E-state index contributed by atoms with van der Waals surface area (Å²) in [6.45, 7) is 2.75. The van der Waals surface area contributed by atoms with Crippen LogP contribution in [0.1, 0.15) is 18.4 Å². The third-order valence-corrected chi connectivity index (χ3v) is 3.33. The van der Waals surface area contributed by atoms with Crippen molar-refractivity contribution in [1.29, 1.82) is 0 Å². The molecule has 0 aromatic heterocycles. The number of amidine groups is 1. The molecule has 5 heteroatoms. The molecule has 0 spiro atoms. The molecule has 0 radical (unpaired) electrons. The molecular weight excluding hydrogens is 247 g/mol. The van der Waals surface area contributed by atoms with Gasteiger partial charge in [-0.2, -0.15) is 0 Å². The quantitative estimate of drug-likeness (QED) is 0.900. The molecule has 2 heterocycles. The molecule has 1 aromatic carbocycles. The first-order valence-electron chi connectivity index (χ1n) is 6.65. The second kappa shape index (κ2) is 5.57. The zero-order valence-electron chi connectivity index (χ0n) is 10.7. The molecule has 102 valence electrons. The first-order chi connectivity index (χ1) is 9.33. The van der Waals surface area contributed by atoms with Crippen molar-refractivity contribution < 1.29 is 13.9 Å².